The Kier molecular flexibility index (Phi) is 4.64. The fourth-order valence-corrected chi connectivity index (χ4v) is 2.18. The summed E-state index contributed by atoms with van der Waals surface area (Å²) in [6, 6.07) is 14.8. The van der Waals surface area contributed by atoms with Crippen LogP contribution in [0.15, 0.2) is 48.5 Å². The van der Waals surface area contributed by atoms with Gasteiger partial charge in [-0.15, -0.1) is 0 Å². The summed E-state index contributed by atoms with van der Waals surface area (Å²) in [5.41, 5.74) is 8.28. The number of halogens is 1. The molecule has 0 aliphatic rings. The van der Waals surface area contributed by atoms with Gasteiger partial charge in [-0.25, -0.2) is 0 Å². The number of benzene rings is 2. The van der Waals surface area contributed by atoms with Crippen LogP contribution in [-0.4, -0.2) is 5.91 Å². The molecule has 1 unspecified atom stereocenters. The summed E-state index contributed by atoms with van der Waals surface area (Å²) >= 11 is 5.91. The van der Waals surface area contributed by atoms with Crippen LogP contribution in [0.1, 0.15) is 24.0 Å². The molecule has 3 N–H and O–H groups in total. The average Bonchev–Trinajstić information content (AvgIpc) is 2.44. The van der Waals surface area contributed by atoms with Gasteiger partial charge in [0.05, 0.1) is 5.92 Å². The second-order valence-corrected chi connectivity index (χ2v) is 5.18. The quantitative estimate of drug-likeness (QED) is 0.848. The molecule has 3 nitrogen and oxygen atoms in total. The van der Waals surface area contributed by atoms with Gasteiger partial charge in [0.1, 0.15) is 0 Å². The van der Waals surface area contributed by atoms with E-state index in [1.165, 1.54) is 0 Å². The van der Waals surface area contributed by atoms with E-state index in [1.807, 2.05) is 49.4 Å². The van der Waals surface area contributed by atoms with Crippen LogP contribution in [0, 0.1) is 0 Å². The van der Waals surface area contributed by atoms with E-state index < -0.39 is 0 Å². The van der Waals surface area contributed by atoms with E-state index in [0.717, 1.165) is 11.1 Å². The van der Waals surface area contributed by atoms with Crippen LogP contribution in [0.5, 0.6) is 0 Å². The lowest BCUT2D eigenvalue weighted by Crippen LogP contribution is -2.27. The van der Waals surface area contributed by atoms with E-state index in [1.54, 1.807) is 6.07 Å². The number of nitrogens with one attached hydrogen (secondary N) is 1. The predicted octanol–water partition coefficient (Wildman–Crippen LogP) is 3.34. The summed E-state index contributed by atoms with van der Waals surface area (Å²) in [5, 5.41) is 3.57. The van der Waals surface area contributed by atoms with E-state index >= 15 is 0 Å². The van der Waals surface area contributed by atoms with Gasteiger partial charge in [-0.3, -0.25) is 4.79 Å². The Bertz CT molecular complexity index is 613. The summed E-state index contributed by atoms with van der Waals surface area (Å²) in [5.74, 6) is -0.270. The monoisotopic (exact) mass is 288 g/mol. The summed E-state index contributed by atoms with van der Waals surface area (Å²) in [7, 11) is 0. The largest absolute Gasteiger partial charge is 0.399 e. The molecule has 0 radical (unpaired) electrons. The molecule has 20 heavy (non-hydrogen) atoms. The summed E-state index contributed by atoms with van der Waals surface area (Å²) in [6.07, 6.45) is 0. The molecule has 2 aromatic carbocycles. The van der Waals surface area contributed by atoms with Crippen molar-refractivity contribution in [2.24, 2.45) is 0 Å². The highest BCUT2D eigenvalue weighted by Crippen LogP contribution is 2.18. The standard InChI is InChI=1S/C16H17ClN2O/c1-11(13-5-3-7-15(18)9-13)16(20)19-10-12-4-2-6-14(17)8-12/h2-9,11H,10,18H2,1H3,(H,19,20). The molecule has 1 amide bonds. The molecule has 0 saturated heterocycles. The topological polar surface area (TPSA) is 55.1 Å². The van der Waals surface area contributed by atoms with Gasteiger partial charge in [-0.05, 0) is 42.3 Å². The zero-order valence-electron chi connectivity index (χ0n) is 11.3. The minimum absolute atomic E-state index is 0.0319. The molecule has 0 spiro atoms. The third kappa shape index (κ3) is 3.75. The van der Waals surface area contributed by atoms with Gasteiger partial charge >= 0.3 is 0 Å². The highest BCUT2D eigenvalue weighted by molar-refractivity contribution is 6.30. The number of hydrogen-bond donors (Lipinski definition) is 2. The molecule has 0 bridgehead atoms. The van der Waals surface area contributed by atoms with Crippen molar-refractivity contribution in [2.45, 2.75) is 19.4 Å². The molecular formula is C16H17ClN2O. The molecule has 104 valence electrons. The van der Waals surface area contributed by atoms with Crippen LogP contribution >= 0.6 is 11.6 Å². The molecule has 2 aromatic rings. The number of carbonyl (C=O) groups is 1. The molecule has 0 heterocycles. The van der Waals surface area contributed by atoms with Crippen molar-refractivity contribution < 1.29 is 4.79 Å². The maximum absolute atomic E-state index is 12.1. The maximum Gasteiger partial charge on any atom is 0.227 e. The first-order valence-corrected chi connectivity index (χ1v) is 6.81. The summed E-state index contributed by atoms with van der Waals surface area (Å²) in [6.45, 7) is 2.33. The molecule has 0 aliphatic heterocycles. The SMILES string of the molecule is CC(C(=O)NCc1cccc(Cl)c1)c1cccc(N)c1. The second-order valence-electron chi connectivity index (χ2n) is 4.74. The van der Waals surface area contributed by atoms with Crippen molar-refractivity contribution in [3.8, 4) is 0 Å². The van der Waals surface area contributed by atoms with Crippen molar-refractivity contribution in [3.05, 3.63) is 64.7 Å². The Labute approximate surface area is 123 Å². The highest BCUT2D eigenvalue weighted by atomic mass is 35.5. The van der Waals surface area contributed by atoms with Crippen molar-refractivity contribution in [1.82, 2.24) is 5.32 Å². The fourth-order valence-electron chi connectivity index (χ4n) is 1.97. The zero-order valence-corrected chi connectivity index (χ0v) is 12.0. The predicted molar refractivity (Wildman–Crippen MR) is 82.6 cm³/mol. The first-order chi connectivity index (χ1) is 9.56. The molecule has 0 fully saturated rings. The van der Waals surface area contributed by atoms with Crippen LogP contribution in [0.25, 0.3) is 0 Å². The number of carbonyl (C=O) groups excluding carboxylic acids is 1. The van der Waals surface area contributed by atoms with Gasteiger partial charge in [0.2, 0.25) is 5.91 Å². The molecule has 4 heteroatoms. The zero-order chi connectivity index (χ0) is 14.5. The smallest absolute Gasteiger partial charge is 0.227 e. The molecule has 0 saturated carbocycles. The molecule has 0 aliphatic carbocycles. The number of anilines is 1. The molecule has 1 atom stereocenters. The van der Waals surface area contributed by atoms with E-state index in [9.17, 15) is 4.79 Å². The van der Waals surface area contributed by atoms with Gasteiger partial charge in [0, 0.05) is 17.3 Å². The van der Waals surface area contributed by atoms with Gasteiger partial charge in [-0.2, -0.15) is 0 Å². The normalized spacial score (nSPS) is 11.9. The number of nitrogens with two attached hydrogens (primary N) is 1. The van der Waals surface area contributed by atoms with Crippen LogP contribution < -0.4 is 11.1 Å². The number of nitrogen functional groups attached to an aromatic ring is 1. The number of rotatable bonds is 4. The van der Waals surface area contributed by atoms with Gasteiger partial charge in [-0.1, -0.05) is 35.9 Å². The third-order valence-electron chi connectivity index (χ3n) is 3.16. The Morgan fingerprint density at radius 2 is 2.00 bits per heavy atom. The average molecular weight is 289 g/mol. The van der Waals surface area contributed by atoms with E-state index in [0.29, 0.717) is 17.3 Å². The maximum atomic E-state index is 12.1. The Morgan fingerprint density at radius 3 is 2.70 bits per heavy atom. The second kappa shape index (κ2) is 6.44. The van der Waals surface area contributed by atoms with Crippen LogP contribution in [-0.2, 0) is 11.3 Å². The van der Waals surface area contributed by atoms with Gasteiger partial charge in [0.15, 0.2) is 0 Å². The van der Waals surface area contributed by atoms with Crippen molar-refractivity contribution in [2.75, 3.05) is 5.73 Å². The minimum Gasteiger partial charge on any atom is -0.399 e. The Balaban J connectivity index is 1.98. The lowest BCUT2D eigenvalue weighted by Gasteiger charge is -2.13. The molecular weight excluding hydrogens is 272 g/mol. The lowest BCUT2D eigenvalue weighted by atomic mass is 10.00. The lowest BCUT2D eigenvalue weighted by molar-refractivity contribution is -0.122. The molecule has 2 rings (SSSR count). The van der Waals surface area contributed by atoms with E-state index in [4.69, 9.17) is 17.3 Å². The Hall–Kier alpha value is -2.00. The van der Waals surface area contributed by atoms with Crippen LogP contribution in [0.2, 0.25) is 5.02 Å². The van der Waals surface area contributed by atoms with E-state index in [2.05, 4.69) is 5.32 Å². The van der Waals surface area contributed by atoms with Crippen molar-refractivity contribution in [1.29, 1.82) is 0 Å². The fraction of sp³-hybridized carbons (Fsp3) is 0.188. The van der Waals surface area contributed by atoms with Crippen LogP contribution in [0.4, 0.5) is 5.69 Å². The minimum atomic E-state index is -0.238. The number of hydrogen-bond acceptors (Lipinski definition) is 2. The summed E-state index contributed by atoms with van der Waals surface area (Å²) in [4.78, 5) is 12.1. The number of amides is 1. The van der Waals surface area contributed by atoms with Crippen LogP contribution in [0.3, 0.4) is 0 Å². The van der Waals surface area contributed by atoms with Crippen molar-refractivity contribution in [3.63, 3.8) is 0 Å². The van der Waals surface area contributed by atoms with Crippen molar-refractivity contribution >= 4 is 23.2 Å². The third-order valence-corrected chi connectivity index (χ3v) is 3.39. The Morgan fingerprint density at radius 1 is 1.25 bits per heavy atom. The first-order valence-electron chi connectivity index (χ1n) is 6.44. The highest BCUT2D eigenvalue weighted by Gasteiger charge is 2.14. The van der Waals surface area contributed by atoms with Gasteiger partial charge < -0.3 is 11.1 Å². The van der Waals surface area contributed by atoms with E-state index in [-0.39, 0.29) is 11.8 Å². The van der Waals surface area contributed by atoms with Gasteiger partial charge in [0.25, 0.3) is 0 Å². The first kappa shape index (κ1) is 14.4. The molecule has 0 aromatic heterocycles. The summed E-state index contributed by atoms with van der Waals surface area (Å²) < 4.78 is 0.